The van der Waals surface area contributed by atoms with E-state index in [-0.39, 0.29) is 5.91 Å². The van der Waals surface area contributed by atoms with Gasteiger partial charge in [-0.25, -0.2) is 9.97 Å². The van der Waals surface area contributed by atoms with Gasteiger partial charge in [-0.1, -0.05) is 24.3 Å². The summed E-state index contributed by atoms with van der Waals surface area (Å²) in [5.41, 5.74) is 5.53. The minimum Gasteiger partial charge on any atom is -0.324 e. The zero-order valence-electron chi connectivity index (χ0n) is 14.5. The predicted octanol–water partition coefficient (Wildman–Crippen LogP) is 4.40. The van der Waals surface area contributed by atoms with Crippen LogP contribution in [-0.4, -0.2) is 15.9 Å². The third-order valence-corrected chi connectivity index (χ3v) is 4.07. The Balaban J connectivity index is 1.70. The van der Waals surface area contributed by atoms with Gasteiger partial charge in [0.2, 0.25) is 5.95 Å². The molecule has 0 aliphatic carbocycles. The van der Waals surface area contributed by atoms with Gasteiger partial charge < -0.3 is 10.6 Å². The van der Waals surface area contributed by atoms with Crippen LogP contribution in [0.5, 0.6) is 0 Å². The normalized spacial score (nSPS) is 10.4. The maximum Gasteiger partial charge on any atom is 0.258 e. The highest BCUT2D eigenvalue weighted by Crippen LogP contribution is 2.18. The molecule has 1 aromatic heterocycles. The second-order valence-electron chi connectivity index (χ2n) is 5.99. The van der Waals surface area contributed by atoms with Gasteiger partial charge in [-0.3, -0.25) is 4.79 Å². The Bertz CT molecular complexity index is 904. The smallest absolute Gasteiger partial charge is 0.258 e. The van der Waals surface area contributed by atoms with Crippen molar-refractivity contribution >= 4 is 23.2 Å². The second kappa shape index (κ2) is 7.13. The summed E-state index contributed by atoms with van der Waals surface area (Å²) in [5.74, 6) is 0.225. The van der Waals surface area contributed by atoms with Crippen LogP contribution < -0.4 is 10.6 Å². The molecule has 0 saturated carbocycles. The summed E-state index contributed by atoms with van der Waals surface area (Å²) in [6.07, 6.45) is 3.04. The standard InChI is InChI=1S/C20H20N4O/c1-13-8-9-17(10-15(13)3)23-19(25)16-11-21-20(22-12-16)24-18-7-5-4-6-14(18)2/h4-12H,1-3H3,(H,23,25)(H,21,22,24). The first-order chi connectivity index (χ1) is 12.0. The van der Waals surface area contributed by atoms with Crippen LogP contribution in [0.1, 0.15) is 27.0 Å². The first-order valence-electron chi connectivity index (χ1n) is 8.06. The van der Waals surface area contributed by atoms with E-state index in [2.05, 4.69) is 20.6 Å². The van der Waals surface area contributed by atoms with Crippen LogP contribution >= 0.6 is 0 Å². The van der Waals surface area contributed by atoms with Crippen LogP contribution in [0.25, 0.3) is 0 Å². The van der Waals surface area contributed by atoms with E-state index >= 15 is 0 Å². The topological polar surface area (TPSA) is 66.9 Å². The fourth-order valence-electron chi connectivity index (χ4n) is 2.37. The summed E-state index contributed by atoms with van der Waals surface area (Å²) in [6, 6.07) is 13.7. The van der Waals surface area contributed by atoms with E-state index in [1.54, 1.807) is 0 Å². The Morgan fingerprint density at radius 2 is 1.60 bits per heavy atom. The number of anilines is 3. The van der Waals surface area contributed by atoms with Crippen LogP contribution in [0.4, 0.5) is 17.3 Å². The Morgan fingerprint density at radius 1 is 0.880 bits per heavy atom. The molecule has 3 rings (SSSR count). The minimum absolute atomic E-state index is 0.231. The molecule has 3 aromatic rings. The van der Waals surface area contributed by atoms with Gasteiger partial charge in [-0.15, -0.1) is 0 Å². The van der Waals surface area contributed by atoms with E-state index < -0.39 is 0 Å². The summed E-state index contributed by atoms with van der Waals surface area (Å²) in [5, 5.41) is 6.01. The summed E-state index contributed by atoms with van der Waals surface area (Å²) in [4.78, 5) is 20.8. The number of carbonyl (C=O) groups excluding carboxylic acids is 1. The van der Waals surface area contributed by atoms with Crippen molar-refractivity contribution in [3.05, 3.63) is 77.1 Å². The second-order valence-corrected chi connectivity index (χ2v) is 5.99. The van der Waals surface area contributed by atoms with Crippen LogP contribution in [0.2, 0.25) is 0 Å². The summed E-state index contributed by atoms with van der Waals surface area (Å²) in [6.45, 7) is 6.06. The highest BCUT2D eigenvalue weighted by atomic mass is 16.1. The number of benzene rings is 2. The van der Waals surface area contributed by atoms with E-state index in [1.165, 1.54) is 18.0 Å². The highest BCUT2D eigenvalue weighted by Gasteiger charge is 2.09. The molecule has 0 bridgehead atoms. The van der Waals surface area contributed by atoms with Gasteiger partial charge in [0.05, 0.1) is 5.56 Å². The molecule has 5 heteroatoms. The molecule has 0 radical (unpaired) electrons. The van der Waals surface area contributed by atoms with Crippen molar-refractivity contribution in [2.75, 3.05) is 10.6 Å². The van der Waals surface area contributed by atoms with Crippen LogP contribution in [-0.2, 0) is 0 Å². The van der Waals surface area contributed by atoms with Gasteiger partial charge >= 0.3 is 0 Å². The average molecular weight is 332 g/mol. The van der Waals surface area contributed by atoms with Crippen molar-refractivity contribution in [2.45, 2.75) is 20.8 Å². The Kier molecular flexibility index (Phi) is 4.75. The lowest BCUT2D eigenvalue weighted by Crippen LogP contribution is -2.13. The molecular formula is C20H20N4O. The molecule has 25 heavy (non-hydrogen) atoms. The maximum atomic E-state index is 12.3. The number of amides is 1. The number of rotatable bonds is 4. The van der Waals surface area contributed by atoms with Gasteiger partial charge in [0.25, 0.3) is 5.91 Å². The monoisotopic (exact) mass is 332 g/mol. The zero-order chi connectivity index (χ0) is 17.8. The molecule has 0 atom stereocenters. The largest absolute Gasteiger partial charge is 0.324 e. The predicted molar refractivity (Wildman–Crippen MR) is 100 cm³/mol. The molecule has 0 aliphatic rings. The molecule has 0 saturated heterocycles. The lowest BCUT2D eigenvalue weighted by atomic mass is 10.1. The molecular weight excluding hydrogens is 312 g/mol. The molecule has 126 valence electrons. The van der Waals surface area contributed by atoms with E-state index in [1.807, 2.05) is 63.2 Å². The lowest BCUT2D eigenvalue weighted by molar-refractivity contribution is 0.102. The first-order valence-corrected chi connectivity index (χ1v) is 8.06. The number of aryl methyl sites for hydroxylation is 3. The van der Waals surface area contributed by atoms with Gasteiger partial charge in [-0.2, -0.15) is 0 Å². The zero-order valence-corrected chi connectivity index (χ0v) is 14.5. The van der Waals surface area contributed by atoms with E-state index in [4.69, 9.17) is 0 Å². The molecule has 2 aromatic carbocycles. The minimum atomic E-state index is -0.231. The van der Waals surface area contributed by atoms with Gasteiger partial charge in [0, 0.05) is 23.8 Å². The number of carbonyl (C=O) groups is 1. The molecule has 0 aliphatic heterocycles. The van der Waals surface area contributed by atoms with Crippen molar-refractivity contribution in [1.82, 2.24) is 9.97 Å². The van der Waals surface area contributed by atoms with Crippen molar-refractivity contribution < 1.29 is 4.79 Å². The number of nitrogens with zero attached hydrogens (tertiary/aromatic N) is 2. The van der Waals surface area contributed by atoms with Gasteiger partial charge in [-0.05, 0) is 55.7 Å². The number of hydrogen-bond donors (Lipinski definition) is 2. The van der Waals surface area contributed by atoms with E-state index in [0.29, 0.717) is 11.5 Å². The van der Waals surface area contributed by atoms with Gasteiger partial charge in [0.15, 0.2) is 0 Å². The van der Waals surface area contributed by atoms with Crippen molar-refractivity contribution in [3.8, 4) is 0 Å². The molecule has 1 heterocycles. The summed E-state index contributed by atoms with van der Waals surface area (Å²) in [7, 11) is 0. The summed E-state index contributed by atoms with van der Waals surface area (Å²) >= 11 is 0. The number of para-hydroxylation sites is 1. The quantitative estimate of drug-likeness (QED) is 0.743. The number of aromatic nitrogens is 2. The van der Waals surface area contributed by atoms with Crippen molar-refractivity contribution in [2.24, 2.45) is 0 Å². The van der Waals surface area contributed by atoms with Crippen molar-refractivity contribution in [1.29, 1.82) is 0 Å². The molecule has 0 unspecified atom stereocenters. The molecule has 5 nitrogen and oxygen atoms in total. The Hall–Kier alpha value is -3.21. The molecule has 0 spiro atoms. The van der Waals surface area contributed by atoms with Crippen LogP contribution in [0, 0.1) is 20.8 Å². The fraction of sp³-hybridized carbons (Fsp3) is 0.150. The highest BCUT2D eigenvalue weighted by molar-refractivity contribution is 6.03. The molecule has 0 fully saturated rings. The molecule has 1 amide bonds. The average Bonchev–Trinajstić information content (AvgIpc) is 2.61. The fourth-order valence-corrected chi connectivity index (χ4v) is 2.37. The first kappa shape index (κ1) is 16.6. The summed E-state index contributed by atoms with van der Waals surface area (Å²) < 4.78 is 0. The third-order valence-electron chi connectivity index (χ3n) is 4.07. The van der Waals surface area contributed by atoms with Crippen molar-refractivity contribution in [3.63, 3.8) is 0 Å². The number of nitrogens with one attached hydrogen (secondary N) is 2. The Morgan fingerprint density at radius 3 is 2.28 bits per heavy atom. The van der Waals surface area contributed by atoms with Crippen LogP contribution in [0.3, 0.4) is 0 Å². The van der Waals surface area contributed by atoms with E-state index in [9.17, 15) is 4.79 Å². The van der Waals surface area contributed by atoms with Crippen LogP contribution in [0.15, 0.2) is 54.9 Å². The lowest BCUT2D eigenvalue weighted by Gasteiger charge is -2.09. The SMILES string of the molecule is Cc1ccc(NC(=O)c2cnc(Nc3ccccc3C)nc2)cc1C. The third kappa shape index (κ3) is 4.01. The molecule has 2 N–H and O–H groups in total. The number of hydrogen-bond acceptors (Lipinski definition) is 4. The van der Waals surface area contributed by atoms with Gasteiger partial charge in [0.1, 0.15) is 0 Å². The van der Waals surface area contributed by atoms with E-state index in [0.717, 1.165) is 22.5 Å². The maximum absolute atomic E-state index is 12.3. The Labute approximate surface area is 147 Å².